The quantitative estimate of drug-likeness (QED) is 0.277. The van der Waals surface area contributed by atoms with E-state index in [1.54, 1.807) is 34.3 Å². The standard InChI is InChI=1S/C31H31N3O7/c1-33(2)20-14-16(11-10-15-8-6-5-7-9-15)25(35)22-18(20)12-17-13-19-24(34(3)4)27(37)23(30(32)40)29(39)31(19,41)28(38)21(17)26(22)36/h5-9,14,17,19,24,35-36,39,41H,12-13H2,1-4H3,(H2,32,40)/t17-,19-,24-,31-/m1/s1. The second kappa shape index (κ2) is 9.80. The Balaban J connectivity index is 1.73. The van der Waals surface area contributed by atoms with Gasteiger partial charge in [-0.25, -0.2) is 0 Å². The number of rotatable bonds is 3. The normalized spacial score (nSPS) is 25.3. The fourth-order valence-electron chi connectivity index (χ4n) is 6.45. The van der Waals surface area contributed by atoms with E-state index in [9.17, 15) is 34.8 Å². The van der Waals surface area contributed by atoms with Gasteiger partial charge in [-0.3, -0.25) is 19.3 Å². The molecule has 41 heavy (non-hydrogen) atoms. The first-order valence-corrected chi connectivity index (χ1v) is 13.1. The van der Waals surface area contributed by atoms with E-state index >= 15 is 0 Å². The Bertz CT molecular complexity index is 1630. The maximum atomic E-state index is 14.1. The molecular weight excluding hydrogens is 526 g/mol. The lowest BCUT2D eigenvalue weighted by atomic mass is 9.57. The van der Waals surface area contributed by atoms with Crippen LogP contribution in [0, 0.1) is 23.7 Å². The highest BCUT2D eigenvalue weighted by Gasteiger charge is 2.64. The molecule has 0 unspecified atom stereocenters. The highest BCUT2D eigenvalue weighted by Crippen LogP contribution is 2.54. The summed E-state index contributed by atoms with van der Waals surface area (Å²) >= 11 is 0. The maximum absolute atomic E-state index is 14.1. The summed E-state index contributed by atoms with van der Waals surface area (Å²) in [5.41, 5.74) is 3.82. The zero-order chi connectivity index (χ0) is 30.0. The zero-order valence-corrected chi connectivity index (χ0v) is 23.1. The minimum Gasteiger partial charge on any atom is -0.508 e. The first-order valence-electron chi connectivity index (χ1n) is 13.1. The van der Waals surface area contributed by atoms with Crippen LogP contribution in [0.15, 0.2) is 53.3 Å². The molecule has 10 nitrogen and oxygen atoms in total. The molecule has 1 amide bonds. The van der Waals surface area contributed by atoms with Gasteiger partial charge in [0, 0.05) is 36.8 Å². The minimum atomic E-state index is -2.69. The van der Waals surface area contributed by atoms with Crippen LogP contribution in [-0.2, 0) is 20.8 Å². The summed E-state index contributed by atoms with van der Waals surface area (Å²) in [5.74, 6) is -0.970. The lowest BCUT2D eigenvalue weighted by Crippen LogP contribution is -2.65. The molecule has 0 bridgehead atoms. The summed E-state index contributed by atoms with van der Waals surface area (Å²) < 4.78 is 0. The molecule has 0 spiro atoms. The van der Waals surface area contributed by atoms with E-state index in [-0.39, 0.29) is 35.3 Å². The number of anilines is 1. The van der Waals surface area contributed by atoms with Crippen LogP contribution in [0.25, 0.3) is 5.76 Å². The molecule has 212 valence electrons. The SMILES string of the molecule is CN(C)c1cc(C#Cc2ccccc2)c(O)c2c1C[C@@H]1C[C@@H]3[C@@H](N(C)C)C(=O)C(C(N)=O)=C(O)[C@]3(O)C(=O)C1=C2O. The molecule has 2 aromatic carbocycles. The number of ketones is 2. The number of carbonyl (C=O) groups is 3. The topological polar surface area (TPSA) is 165 Å². The summed E-state index contributed by atoms with van der Waals surface area (Å²) in [4.78, 5) is 42.7. The number of nitrogens with two attached hydrogens (primary N) is 1. The highest BCUT2D eigenvalue weighted by molar-refractivity contribution is 6.24. The molecule has 6 N–H and O–H groups in total. The number of carbonyl (C=O) groups excluding carboxylic acids is 3. The number of amides is 1. The van der Waals surface area contributed by atoms with Crippen LogP contribution in [0.5, 0.6) is 5.75 Å². The summed E-state index contributed by atoms with van der Waals surface area (Å²) in [7, 11) is 6.73. The van der Waals surface area contributed by atoms with Crippen molar-refractivity contribution in [3.05, 3.63) is 75.6 Å². The molecule has 0 heterocycles. The third-order valence-electron chi connectivity index (χ3n) is 8.29. The molecule has 3 aliphatic carbocycles. The van der Waals surface area contributed by atoms with Crippen LogP contribution in [-0.4, -0.2) is 82.6 Å². The van der Waals surface area contributed by atoms with Crippen molar-refractivity contribution >= 4 is 28.9 Å². The van der Waals surface area contributed by atoms with Gasteiger partial charge in [0.1, 0.15) is 22.8 Å². The van der Waals surface area contributed by atoms with Gasteiger partial charge in [-0.15, -0.1) is 0 Å². The Morgan fingerprint density at radius 1 is 1.05 bits per heavy atom. The predicted molar refractivity (Wildman–Crippen MR) is 151 cm³/mol. The van der Waals surface area contributed by atoms with Crippen molar-refractivity contribution in [1.82, 2.24) is 4.90 Å². The number of likely N-dealkylation sites (N-methyl/N-ethyl adjacent to an activating group) is 1. The van der Waals surface area contributed by atoms with Gasteiger partial charge in [-0.05, 0) is 56.6 Å². The fourth-order valence-corrected chi connectivity index (χ4v) is 6.45. The Labute approximate surface area is 237 Å². The minimum absolute atomic E-state index is 0.00449. The lowest BCUT2D eigenvalue weighted by molar-refractivity contribution is -0.153. The number of primary amides is 1. The number of Topliss-reactive ketones (excluding diaryl/α,β-unsaturated/α-hetero) is 2. The van der Waals surface area contributed by atoms with Gasteiger partial charge in [0.15, 0.2) is 11.4 Å². The van der Waals surface area contributed by atoms with Gasteiger partial charge in [0.05, 0.1) is 17.2 Å². The van der Waals surface area contributed by atoms with E-state index in [1.807, 2.05) is 35.2 Å². The summed E-state index contributed by atoms with van der Waals surface area (Å²) in [6.45, 7) is 0. The van der Waals surface area contributed by atoms with E-state index in [0.29, 0.717) is 16.8 Å². The number of aliphatic hydroxyl groups excluding tert-OH is 2. The first kappa shape index (κ1) is 28.0. The van der Waals surface area contributed by atoms with Crippen molar-refractivity contribution in [2.24, 2.45) is 17.6 Å². The van der Waals surface area contributed by atoms with E-state index in [2.05, 4.69) is 11.8 Å². The van der Waals surface area contributed by atoms with Crippen molar-refractivity contribution in [2.75, 3.05) is 33.1 Å². The summed E-state index contributed by atoms with van der Waals surface area (Å²) in [6.07, 6.45) is 0.219. The molecule has 3 aliphatic rings. The van der Waals surface area contributed by atoms with Crippen molar-refractivity contribution in [2.45, 2.75) is 24.5 Å². The zero-order valence-electron chi connectivity index (χ0n) is 23.1. The number of aromatic hydroxyl groups is 1. The van der Waals surface area contributed by atoms with E-state index in [4.69, 9.17) is 5.73 Å². The number of nitrogens with zero attached hydrogens (tertiary/aromatic N) is 2. The third kappa shape index (κ3) is 4.08. The molecule has 5 rings (SSSR count). The van der Waals surface area contributed by atoms with Crippen molar-refractivity contribution in [3.63, 3.8) is 0 Å². The van der Waals surface area contributed by atoms with Crippen molar-refractivity contribution in [3.8, 4) is 17.6 Å². The van der Waals surface area contributed by atoms with Crippen LogP contribution in [0.1, 0.15) is 28.7 Å². The van der Waals surface area contributed by atoms with Gasteiger partial charge in [-0.2, -0.15) is 0 Å². The first-order chi connectivity index (χ1) is 19.3. The second-order valence-electron chi connectivity index (χ2n) is 11.1. The van der Waals surface area contributed by atoms with Gasteiger partial charge < -0.3 is 31.1 Å². The van der Waals surface area contributed by atoms with Crippen molar-refractivity contribution in [1.29, 1.82) is 0 Å². The van der Waals surface area contributed by atoms with Crippen LogP contribution in [0.2, 0.25) is 0 Å². The Kier molecular flexibility index (Phi) is 6.68. The monoisotopic (exact) mass is 557 g/mol. The molecule has 0 aromatic heterocycles. The summed E-state index contributed by atoms with van der Waals surface area (Å²) in [6, 6.07) is 9.72. The van der Waals surface area contributed by atoms with Gasteiger partial charge >= 0.3 is 0 Å². The molecule has 0 radical (unpaired) electrons. The number of phenolic OH excluding ortho intramolecular Hbond substituents is 1. The Hall–Kier alpha value is -4.59. The molecule has 1 fully saturated rings. The average Bonchev–Trinajstić information content (AvgIpc) is 2.90. The van der Waals surface area contributed by atoms with Gasteiger partial charge in [-0.1, -0.05) is 30.0 Å². The molecular formula is C31H31N3O7. The fraction of sp³-hybridized carbons (Fsp3) is 0.323. The number of phenols is 1. The molecule has 10 heteroatoms. The molecule has 0 aliphatic heterocycles. The van der Waals surface area contributed by atoms with Crippen LogP contribution >= 0.6 is 0 Å². The molecule has 4 atom stereocenters. The predicted octanol–water partition coefficient (Wildman–Crippen LogP) is 1.43. The van der Waals surface area contributed by atoms with E-state index in [1.165, 1.54) is 4.90 Å². The lowest BCUT2D eigenvalue weighted by Gasteiger charge is -2.50. The number of aliphatic hydroxyl groups is 3. The maximum Gasteiger partial charge on any atom is 0.255 e. The van der Waals surface area contributed by atoms with Gasteiger partial charge in [0.25, 0.3) is 5.91 Å². The van der Waals surface area contributed by atoms with Crippen molar-refractivity contribution < 1.29 is 34.8 Å². The Morgan fingerprint density at radius 2 is 1.71 bits per heavy atom. The third-order valence-corrected chi connectivity index (χ3v) is 8.29. The molecule has 2 aromatic rings. The molecule has 0 saturated heterocycles. The van der Waals surface area contributed by atoms with Crippen LogP contribution in [0.4, 0.5) is 5.69 Å². The second-order valence-corrected chi connectivity index (χ2v) is 11.1. The van der Waals surface area contributed by atoms with Crippen LogP contribution in [0.3, 0.4) is 0 Å². The number of hydrogen-bond acceptors (Lipinski definition) is 9. The van der Waals surface area contributed by atoms with Crippen LogP contribution < -0.4 is 10.6 Å². The highest BCUT2D eigenvalue weighted by atomic mass is 16.3. The number of benzene rings is 2. The summed E-state index contributed by atoms with van der Waals surface area (Å²) in [5, 5.41) is 45.7. The molecule has 1 saturated carbocycles. The van der Waals surface area contributed by atoms with E-state index in [0.717, 1.165) is 0 Å². The Morgan fingerprint density at radius 3 is 2.29 bits per heavy atom. The number of hydrogen-bond donors (Lipinski definition) is 5. The smallest absolute Gasteiger partial charge is 0.255 e. The van der Waals surface area contributed by atoms with Gasteiger partial charge in [0.2, 0.25) is 5.78 Å². The largest absolute Gasteiger partial charge is 0.508 e. The number of fused-ring (bicyclic) bond motifs is 3. The average molecular weight is 558 g/mol. The van der Waals surface area contributed by atoms with E-state index < -0.39 is 58.0 Å².